The van der Waals surface area contributed by atoms with Crippen LogP contribution in [-0.2, 0) is 12.7 Å². The molecule has 2 nitrogen and oxygen atoms in total. The average molecular weight is 302 g/mol. The van der Waals surface area contributed by atoms with Crippen LogP contribution in [0.25, 0.3) is 22.0 Å². The fourth-order valence-electron chi connectivity index (χ4n) is 2.48. The summed E-state index contributed by atoms with van der Waals surface area (Å²) in [5, 5.41) is 0.484. The van der Waals surface area contributed by atoms with E-state index in [2.05, 4.69) is 4.98 Å². The maximum atomic E-state index is 13.1. The maximum Gasteiger partial charge on any atom is 0.418 e. The fraction of sp³-hybridized carbons (Fsp3) is 0.118. The first-order chi connectivity index (χ1) is 10.5. The summed E-state index contributed by atoms with van der Waals surface area (Å²) in [6.45, 7) is 0.426. The number of nitrogens with zero attached hydrogens (tertiary/aromatic N) is 1. The van der Waals surface area contributed by atoms with E-state index in [0.29, 0.717) is 11.9 Å². The Morgan fingerprint density at radius 3 is 2.32 bits per heavy atom. The maximum absolute atomic E-state index is 13.1. The number of hydrogen-bond acceptors (Lipinski definition) is 2. The van der Waals surface area contributed by atoms with Crippen LogP contribution in [0, 0.1) is 0 Å². The average Bonchev–Trinajstić information content (AvgIpc) is 2.53. The van der Waals surface area contributed by atoms with Gasteiger partial charge < -0.3 is 5.73 Å². The summed E-state index contributed by atoms with van der Waals surface area (Å²) < 4.78 is 39.3. The lowest BCUT2D eigenvalue weighted by Gasteiger charge is -2.12. The van der Waals surface area contributed by atoms with E-state index >= 15 is 0 Å². The van der Waals surface area contributed by atoms with Crippen molar-refractivity contribution in [2.45, 2.75) is 12.7 Å². The topological polar surface area (TPSA) is 38.9 Å². The van der Waals surface area contributed by atoms with Crippen molar-refractivity contribution >= 4 is 10.9 Å². The highest BCUT2D eigenvalue weighted by molar-refractivity contribution is 5.96. The molecule has 0 bridgehead atoms. The molecule has 0 fully saturated rings. The lowest BCUT2D eigenvalue weighted by atomic mass is 9.98. The minimum atomic E-state index is -4.42. The SMILES string of the molecule is NCc1ccc(-c2ccnc3c(C(F)(F)F)cccc23)cc1. The molecular weight excluding hydrogens is 289 g/mol. The summed E-state index contributed by atoms with van der Waals surface area (Å²) in [5.74, 6) is 0. The van der Waals surface area contributed by atoms with E-state index in [9.17, 15) is 13.2 Å². The van der Waals surface area contributed by atoms with Crippen LogP contribution in [0.5, 0.6) is 0 Å². The molecule has 22 heavy (non-hydrogen) atoms. The number of alkyl halides is 3. The normalized spacial score (nSPS) is 11.8. The van der Waals surface area contributed by atoms with E-state index in [4.69, 9.17) is 5.73 Å². The van der Waals surface area contributed by atoms with Crippen LogP contribution in [0.4, 0.5) is 13.2 Å². The molecule has 1 heterocycles. The molecule has 2 N–H and O–H groups in total. The first-order valence-corrected chi connectivity index (χ1v) is 6.75. The number of hydrogen-bond donors (Lipinski definition) is 1. The quantitative estimate of drug-likeness (QED) is 0.763. The molecule has 0 unspecified atom stereocenters. The molecule has 5 heteroatoms. The summed E-state index contributed by atoms with van der Waals surface area (Å²) >= 11 is 0. The van der Waals surface area contributed by atoms with Crippen molar-refractivity contribution in [3.63, 3.8) is 0 Å². The Morgan fingerprint density at radius 2 is 1.68 bits per heavy atom. The lowest BCUT2D eigenvalue weighted by molar-refractivity contribution is -0.136. The first kappa shape index (κ1) is 14.5. The van der Waals surface area contributed by atoms with Gasteiger partial charge in [-0.2, -0.15) is 13.2 Å². The van der Waals surface area contributed by atoms with Crippen LogP contribution < -0.4 is 5.73 Å². The van der Waals surface area contributed by atoms with Crippen molar-refractivity contribution in [3.05, 3.63) is 65.9 Å². The van der Waals surface area contributed by atoms with Crippen LogP contribution in [0.3, 0.4) is 0 Å². The molecule has 0 radical (unpaired) electrons. The smallest absolute Gasteiger partial charge is 0.326 e. The van der Waals surface area contributed by atoms with Gasteiger partial charge in [-0.1, -0.05) is 36.4 Å². The predicted molar refractivity (Wildman–Crippen MR) is 80.1 cm³/mol. The first-order valence-electron chi connectivity index (χ1n) is 6.75. The molecule has 2 aromatic carbocycles. The zero-order valence-corrected chi connectivity index (χ0v) is 11.6. The number of benzene rings is 2. The van der Waals surface area contributed by atoms with Crippen molar-refractivity contribution in [2.24, 2.45) is 5.73 Å². The second kappa shape index (κ2) is 5.42. The van der Waals surface area contributed by atoms with Gasteiger partial charge in [0.05, 0.1) is 11.1 Å². The van der Waals surface area contributed by atoms with Gasteiger partial charge in [-0.3, -0.25) is 4.98 Å². The highest BCUT2D eigenvalue weighted by Gasteiger charge is 2.33. The highest BCUT2D eigenvalue weighted by Crippen LogP contribution is 2.36. The fourth-order valence-corrected chi connectivity index (χ4v) is 2.48. The van der Waals surface area contributed by atoms with Crippen molar-refractivity contribution in [3.8, 4) is 11.1 Å². The van der Waals surface area contributed by atoms with E-state index in [-0.39, 0.29) is 5.52 Å². The molecule has 0 aliphatic carbocycles. The zero-order chi connectivity index (χ0) is 15.7. The minimum absolute atomic E-state index is 0.0320. The highest BCUT2D eigenvalue weighted by atomic mass is 19.4. The van der Waals surface area contributed by atoms with Crippen molar-refractivity contribution < 1.29 is 13.2 Å². The molecule has 0 aliphatic heterocycles. The molecule has 0 aliphatic rings. The van der Waals surface area contributed by atoms with Gasteiger partial charge in [0.25, 0.3) is 0 Å². The Hall–Kier alpha value is -2.40. The number of nitrogens with two attached hydrogens (primary N) is 1. The van der Waals surface area contributed by atoms with Gasteiger partial charge in [-0.05, 0) is 28.8 Å². The van der Waals surface area contributed by atoms with Gasteiger partial charge in [0.15, 0.2) is 0 Å². The molecule has 112 valence electrons. The largest absolute Gasteiger partial charge is 0.418 e. The van der Waals surface area contributed by atoms with Crippen LogP contribution in [0.1, 0.15) is 11.1 Å². The standard InChI is InChI=1S/C17H13F3N2/c18-17(19,20)15-3-1-2-14-13(8-9-22-16(14)15)12-6-4-11(10-21)5-7-12/h1-9H,10,21H2. The van der Waals surface area contributed by atoms with E-state index in [1.54, 1.807) is 12.1 Å². The minimum Gasteiger partial charge on any atom is -0.326 e. The van der Waals surface area contributed by atoms with Gasteiger partial charge in [0.1, 0.15) is 0 Å². The van der Waals surface area contributed by atoms with Gasteiger partial charge in [-0.15, -0.1) is 0 Å². The Bertz CT molecular complexity index is 808. The molecule has 0 saturated heterocycles. The molecule has 0 saturated carbocycles. The summed E-state index contributed by atoms with van der Waals surface area (Å²) in [6.07, 6.45) is -3.02. The predicted octanol–water partition coefficient (Wildman–Crippen LogP) is 4.38. The third-order valence-corrected chi connectivity index (χ3v) is 3.58. The van der Waals surface area contributed by atoms with Crippen LogP contribution in [-0.4, -0.2) is 4.98 Å². The Kier molecular flexibility index (Phi) is 3.58. The van der Waals surface area contributed by atoms with Crippen molar-refractivity contribution in [1.29, 1.82) is 0 Å². The summed E-state index contributed by atoms with van der Waals surface area (Å²) in [4.78, 5) is 3.93. The summed E-state index contributed by atoms with van der Waals surface area (Å²) in [5.41, 5.74) is 7.34. The molecular formula is C17H13F3N2. The van der Waals surface area contributed by atoms with Gasteiger partial charge in [0.2, 0.25) is 0 Å². The van der Waals surface area contributed by atoms with Gasteiger partial charge in [0, 0.05) is 18.1 Å². The molecule has 3 aromatic rings. The second-order valence-electron chi connectivity index (χ2n) is 4.96. The van der Waals surface area contributed by atoms with Crippen molar-refractivity contribution in [1.82, 2.24) is 4.98 Å². The summed E-state index contributed by atoms with van der Waals surface area (Å²) in [6, 6.07) is 13.3. The third-order valence-electron chi connectivity index (χ3n) is 3.58. The molecule has 0 amide bonds. The second-order valence-corrected chi connectivity index (χ2v) is 4.96. The van der Waals surface area contributed by atoms with E-state index in [1.165, 1.54) is 12.3 Å². The summed E-state index contributed by atoms with van der Waals surface area (Å²) in [7, 11) is 0. The molecule has 0 atom stereocenters. The van der Waals surface area contributed by atoms with E-state index < -0.39 is 11.7 Å². The number of rotatable bonds is 2. The number of pyridine rings is 1. The van der Waals surface area contributed by atoms with E-state index in [1.807, 2.05) is 24.3 Å². The Morgan fingerprint density at radius 1 is 0.955 bits per heavy atom. The zero-order valence-electron chi connectivity index (χ0n) is 11.6. The number of para-hydroxylation sites is 1. The van der Waals surface area contributed by atoms with Crippen LogP contribution in [0.15, 0.2) is 54.7 Å². The third kappa shape index (κ3) is 2.55. The van der Waals surface area contributed by atoms with Gasteiger partial charge >= 0.3 is 6.18 Å². The number of halogens is 3. The number of aromatic nitrogens is 1. The van der Waals surface area contributed by atoms with Crippen LogP contribution >= 0.6 is 0 Å². The van der Waals surface area contributed by atoms with E-state index in [0.717, 1.165) is 22.8 Å². The van der Waals surface area contributed by atoms with Gasteiger partial charge in [-0.25, -0.2) is 0 Å². The monoisotopic (exact) mass is 302 g/mol. The van der Waals surface area contributed by atoms with Crippen molar-refractivity contribution in [2.75, 3.05) is 0 Å². The van der Waals surface area contributed by atoms with Crippen LogP contribution in [0.2, 0.25) is 0 Å². The number of fused-ring (bicyclic) bond motifs is 1. The Balaban J connectivity index is 2.22. The molecule has 3 rings (SSSR count). The Labute approximate surface area is 125 Å². The lowest BCUT2D eigenvalue weighted by Crippen LogP contribution is -2.06. The molecule has 1 aromatic heterocycles. The molecule has 0 spiro atoms.